The highest BCUT2D eigenvalue weighted by Crippen LogP contribution is 2.29. The molecule has 23 heavy (non-hydrogen) atoms. The molecule has 1 heterocycles. The summed E-state index contributed by atoms with van der Waals surface area (Å²) in [5.74, 6) is -0.595. The minimum absolute atomic E-state index is 0.0657. The Morgan fingerprint density at radius 3 is 2.65 bits per heavy atom. The molecule has 0 saturated heterocycles. The minimum Gasteiger partial charge on any atom is -0.489 e. The van der Waals surface area contributed by atoms with Gasteiger partial charge in [0, 0.05) is 12.6 Å². The van der Waals surface area contributed by atoms with Crippen molar-refractivity contribution >= 4 is 11.6 Å². The third-order valence-corrected chi connectivity index (χ3v) is 3.28. The molecule has 2 rings (SSSR count). The molecule has 0 N–H and O–H groups in total. The van der Waals surface area contributed by atoms with Crippen LogP contribution in [0.1, 0.15) is 27.2 Å². The first-order valence-corrected chi connectivity index (χ1v) is 7.58. The Balaban J connectivity index is 2.69. The van der Waals surface area contributed by atoms with E-state index >= 15 is 0 Å². The Bertz CT molecular complexity index is 830. The highest BCUT2D eigenvalue weighted by Gasteiger charge is 2.17. The van der Waals surface area contributed by atoms with Gasteiger partial charge in [-0.15, -0.1) is 0 Å². The van der Waals surface area contributed by atoms with E-state index in [0.29, 0.717) is 13.0 Å². The quantitative estimate of drug-likeness (QED) is 0.837. The smallest absolute Gasteiger partial charge is 0.352 e. The van der Waals surface area contributed by atoms with E-state index in [9.17, 15) is 14.0 Å². The summed E-state index contributed by atoms with van der Waals surface area (Å²) in [6, 6.07) is 2.27. The maximum atomic E-state index is 14.3. The fraction of sp³-hybridized carbons (Fsp3) is 0.400. The molecule has 0 aliphatic heterocycles. The third kappa shape index (κ3) is 3.61. The average molecular weight is 342 g/mol. The molecule has 0 aliphatic rings. The van der Waals surface area contributed by atoms with Crippen LogP contribution in [0.15, 0.2) is 27.9 Å². The average Bonchev–Trinajstić information content (AvgIpc) is 2.46. The predicted molar refractivity (Wildman–Crippen MR) is 85.1 cm³/mol. The lowest BCUT2D eigenvalue weighted by Crippen LogP contribution is -2.40. The molecule has 0 unspecified atom stereocenters. The second-order valence-corrected chi connectivity index (χ2v) is 5.63. The lowest BCUT2D eigenvalue weighted by molar-refractivity contribution is 0.242. The molecule has 0 saturated carbocycles. The van der Waals surface area contributed by atoms with Gasteiger partial charge in [-0.3, -0.25) is 4.79 Å². The Morgan fingerprint density at radius 1 is 1.35 bits per heavy atom. The van der Waals surface area contributed by atoms with Crippen molar-refractivity contribution < 1.29 is 9.13 Å². The van der Waals surface area contributed by atoms with Gasteiger partial charge in [0.15, 0.2) is 0 Å². The minimum atomic E-state index is -0.792. The Labute approximate surface area is 137 Å². The molecule has 8 heteroatoms. The molecular formula is C15H17ClFN3O3. The molecule has 0 aliphatic carbocycles. The maximum absolute atomic E-state index is 14.3. The normalized spacial score (nSPS) is 11.0. The van der Waals surface area contributed by atoms with Crippen molar-refractivity contribution in [3.8, 4) is 11.4 Å². The van der Waals surface area contributed by atoms with E-state index < -0.39 is 17.1 Å². The van der Waals surface area contributed by atoms with Crippen LogP contribution in [0.4, 0.5) is 4.39 Å². The molecule has 124 valence electrons. The van der Waals surface area contributed by atoms with Crippen LogP contribution in [0.3, 0.4) is 0 Å². The molecular weight excluding hydrogens is 325 g/mol. The summed E-state index contributed by atoms with van der Waals surface area (Å²) in [6.45, 7) is 5.75. The maximum Gasteiger partial charge on any atom is 0.352 e. The first-order valence-electron chi connectivity index (χ1n) is 7.20. The molecule has 0 bridgehead atoms. The van der Waals surface area contributed by atoms with Gasteiger partial charge in [0.1, 0.15) is 17.8 Å². The molecule has 0 radical (unpaired) electrons. The summed E-state index contributed by atoms with van der Waals surface area (Å²) in [5.41, 5.74) is -1.65. The fourth-order valence-corrected chi connectivity index (χ4v) is 2.25. The molecule has 6 nitrogen and oxygen atoms in total. The highest BCUT2D eigenvalue weighted by atomic mass is 35.5. The summed E-state index contributed by atoms with van der Waals surface area (Å²) in [7, 11) is 0. The van der Waals surface area contributed by atoms with Gasteiger partial charge < -0.3 is 4.74 Å². The number of hydrogen-bond acceptors (Lipinski definition) is 4. The van der Waals surface area contributed by atoms with Crippen molar-refractivity contribution in [2.24, 2.45) is 0 Å². The van der Waals surface area contributed by atoms with Gasteiger partial charge >= 0.3 is 5.69 Å². The highest BCUT2D eigenvalue weighted by molar-refractivity contribution is 6.32. The fourth-order valence-electron chi connectivity index (χ4n) is 2.06. The van der Waals surface area contributed by atoms with Crippen molar-refractivity contribution in [3.05, 3.63) is 50.0 Å². The van der Waals surface area contributed by atoms with Gasteiger partial charge in [-0.25, -0.2) is 18.4 Å². The Kier molecular flexibility index (Phi) is 5.20. The van der Waals surface area contributed by atoms with Crippen LogP contribution in [0.5, 0.6) is 5.75 Å². The first kappa shape index (κ1) is 17.2. The number of nitrogens with zero attached hydrogens (tertiary/aromatic N) is 3. The van der Waals surface area contributed by atoms with Gasteiger partial charge in [0.2, 0.25) is 0 Å². The van der Waals surface area contributed by atoms with E-state index in [1.165, 1.54) is 6.07 Å². The van der Waals surface area contributed by atoms with Crippen LogP contribution >= 0.6 is 11.6 Å². The molecule has 1 aromatic carbocycles. The standard InChI is InChI=1S/C15H17ClFN3O3/c1-4-5-19-15(22)20(14(21)8-18-19)12-7-13(23-9(2)3)10(16)6-11(12)17/h6-9H,4-5H2,1-3H3. The number of hydrogen-bond donors (Lipinski definition) is 0. The summed E-state index contributed by atoms with van der Waals surface area (Å²) in [6.07, 6.45) is 1.43. The number of rotatable bonds is 5. The lowest BCUT2D eigenvalue weighted by atomic mass is 10.2. The van der Waals surface area contributed by atoms with Crippen LogP contribution in [-0.2, 0) is 6.54 Å². The summed E-state index contributed by atoms with van der Waals surface area (Å²) in [4.78, 5) is 24.4. The van der Waals surface area contributed by atoms with Gasteiger partial charge in [-0.1, -0.05) is 18.5 Å². The third-order valence-electron chi connectivity index (χ3n) is 2.98. The van der Waals surface area contributed by atoms with E-state index in [0.717, 1.165) is 21.5 Å². The van der Waals surface area contributed by atoms with Crippen molar-refractivity contribution in [2.45, 2.75) is 39.8 Å². The zero-order valence-corrected chi connectivity index (χ0v) is 13.8. The zero-order chi connectivity index (χ0) is 17.1. The van der Waals surface area contributed by atoms with Crippen LogP contribution < -0.4 is 16.0 Å². The molecule has 0 atom stereocenters. The predicted octanol–water partition coefficient (Wildman–Crippen LogP) is 2.38. The van der Waals surface area contributed by atoms with Gasteiger partial charge in [-0.05, 0) is 26.3 Å². The SMILES string of the molecule is CCCn1ncc(=O)n(-c2cc(OC(C)C)c(Cl)cc2F)c1=O. The van der Waals surface area contributed by atoms with E-state index in [2.05, 4.69) is 5.10 Å². The summed E-state index contributed by atoms with van der Waals surface area (Å²) in [5, 5.41) is 3.83. The molecule has 2 aromatic rings. The number of benzene rings is 1. The Hall–Kier alpha value is -2.15. The number of ether oxygens (including phenoxy) is 1. The topological polar surface area (TPSA) is 66.1 Å². The lowest BCUT2D eigenvalue weighted by Gasteiger charge is -2.14. The van der Waals surface area contributed by atoms with Gasteiger partial charge in [0.05, 0.1) is 16.8 Å². The number of halogens is 2. The van der Waals surface area contributed by atoms with E-state index in [1.807, 2.05) is 6.92 Å². The van der Waals surface area contributed by atoms with Gasteiger partial charge in [0.25, 0.3) is 5.56 Å². The van der Waals surface area contributed by atoms with Crippen LogP contribution in [-0.4, -0.2) is 20.5 Å². The second-order valence-electron chi connectivity index (χ2n) is 5.22. The first-order chi connectivity index (χ1) is 10.8. The molecule has 0 fully saturated rings. The van der Waals surface area contributed by atoms with Crippen molar-refractivity contribution in [3.63, 3.8) is 0 Å². The largest absolute Gasteiger partial charge is 0.489 e. The second kappa shape index (κ2) is 6.95. The molecule has 0 spiro atoms. The summed E-state index contributed by atoms with van der Waals surface area (Å²) >= 11 is 5.95. The number of aryl methyl sites for hydroxylation is 1. The van der Waals surface area contributed by atoms with E-state index in [4.69, 9.17) is 16.3 Å². The zero-order valence-electron chi connectivity index (χ0n) is 13.0. The van der Waals surface area contributed by atoms with Crippen molar-refractivity contribution in [2.75, 3.05) is 0 Å². The molecule has 0 amide bonds. The van der Waals surface area contributed by atoms with Gasteiger partial charge in [-0.2, -0.15) is 5.10 Å². The summed E-state index contributed by atoms with van der Waals surface area (Å²) < 4.78 is 21.6. The van der Waals surface area contributed by atoms with E-state index in [-0.39, 0.29) is 22.6 Å². The Morgan fingerprint density at radius 2 is 2.04 bits per heavy atom. The van der Waals surface area contributed by atoms with Crippen LogP contribution in [0.2, 0.25) is 5.02 Å². The number of aromatic nitrogens is 3. The monoisotopic (exact) mass is 341 g/mol. The van der Waals surface area contributed by atoms with Crippen LogP contribution in [0.25, 0.3) is 5.69 Å². The van der Waals surface area contributed by atoms with E-state index in [1.54, 1.807) is 13.8 Å². The van der Waals surface area contributed by atoms with Crippen LogP contribution in [0, 0.1) is 5.82 Å². The molecule has 1 aromatic heterocycles. The van der Waals surface area contributed by atoms with Crippen molar-refractivity contribution in [1.82, 2.24) is 14.3 Å². The van der Waals surface area contributed by atoms with Crippen molar-refractivity contribution in [1.29, 1.82) is 0 Å².